The van der Waals surface area contributed by atoms with Gasteiger partial charge in [0.25, 0.3) is 0 Å². The van der Waals surface area contributed by atoms with Gasteiger partial charge in [0.1, 0.15) is 79.4 Å². The van der Waals surface area contributed by atoms with Gasteiger partial charge in [-0.2, -0.15) is 0 Å². The molecular weight excluding hydrogens is 1230 g/mol. The van der Waals surface area contributed by atoms with Gasteiger partial charge in [0, 0.05) is 25.7 Å². The molecule has 27 atom stereocenters. The second kappa shape index (κ2) is 47.2. The van der Waals surface area contributed by atoms with E-state index in [1.54, 1.807) is 31.2 Å². The highest BCUT2D eigenvalue weighted by Gasteiger charge is 2.47. The van der Waals surface area contributed by atoms with Crippen LogP contribution in [0.15, 0.2) is 72.9 Å². The van der Waals surface area contributed by atoms with Gasteiger partial charge in [-0.25, -0.2) is 0 Å². The third-order valence-corrected chi connectivity index (χ3v) is 18.1. The molecule has 0 aliphatic carbocycles. The van der Waals surface area contributed by atoms with Crippen molar-refractivity contribution >= 4 is 5.78 Å². The summed E-state index contributed by atoms with van der Waals surface area (Å²) in [6.07, 6.45) is -15.6. The number of carbonyl (C=O) groups excluding carboxylic acids is 1. The SMILES string of the molecule is C=CCCCCCCCCCC/C=C/C(O)C(O)C1OC(C(O)C(O)C(=C)CCC(O)C2CC(O)C(O)C(C(O)C(O)/C=C(\C)CC(O)CC(O)C(O)C(O)C(O)C(O)C(C)CC(O)C(O)CC(C)/C=C/CCC(O)CC(=O)/C=C/CCCCC(O)CO)O2)CC(O)C1O. The summed E-state index contributed by atoms with van der Waals surface area (Å²) < 4.78 is 11.6. The van der Waals surface area contributed by atoms with E-state index in [-0.39, 0.29) is 80.8 Å². The van der Waals surface area contributed by atoms with E-state index in [2.05, 4.69) is 13.2 Å². The number of aliphatic hydroxyl groups is 22. The summed E-state index contributed by atoms with van der Waals surface area (Å²) in [5, 5.41) is 235. The molecule has 2 fully saturated rings. The topological polar surface area (TPSA) is 481 Å². The maximum absolute atomic E-state index is 12.2. The molecule has 94 heavy (non-hydrogen) atoms. The minimum Gasteiger partial charge on any atom is -0.394 e. The lowest BCUT2D eigenvalue weighted by Crippen LogP contribution is -2.59. The smallest absolute Gasteiger partial charge is 0.157 e. The normalized spacial score (nSPS) is 27.1. The number of aliphatic hydroxyl groups excluding tert-OH is 22. The van der Waals surface area contributed by atoms with Crippen molar-refractivity contribution in [3.05, 3.63) is 72.9 Å². The maximum atomic E-state index is 12.2. The highest BCUT2D eigenvalue weighted by Crippen LogP contribution is 2.32. The van der Waals surface area contributed by atoms with Crippen molar-refractivity contribution in [1.82, 2.24) is 0 Å². The third kappa shape index (κ3) is 32.4. The first-order chi connectivity index (χ1) is 44.4. The van der Waals surface area contributed by atoms with Crippen LogP contribution in [-0.4, -0.2) is 277 Å². The standard InChI is InChI=1S/C69H122O25/c1-6-7-8-9-10-11-12-13-14-15-16-21-28-49(76)61(86)68-64(89)55(82)38-57(94-68)65(90)58(83)42(4)29-30-48(75)56-37-54(81)63(88)69(93-56)62(87)52(79)33-41(3)31-47(74)36-53(80)60(85)67(92)66(91)59(84)43(5)34-51(78)50(77)32-40(2)24-22-23-26-45(72)35-44(71)25-19-17-18-20-27-46(73)39-70/h6,19,21-22,24-25,28,33,40,43,45-70,72-92H,1,4,7-18,20,23,26-27,29-32,34-39H2,2-3,5H3/b24-22+,25-19+,28-21+,41-33+. The van der Waals surface area contributed by atoms with Gasteiger partial charge in [-0.15, -0.1) is 6.58 Å². The molecule has 27 unspecified atom stereocenters. The number of unbranched alkanes of at least 4 members (excludes halogenated alkanes) is 11. The van der Waals surface area contributed by atoms with Crippen LogP contribution in [0.5, 0.6) is 0 Å². The van der Waals surface area contributed by atoms with E-state index < -0.39 is 165 Å². The van der Waals surface area contributed by atoms with Crippen LogP contribution in [-0.2, 0) is 14.3 Å². The summed E-state index contributed by atoms with van der Waals surface area (Å²) >= 11 is 0. The van der Waals surface area contributed by atoms with Crippen LogP contribution in [0.4, 0.5) is 0 Å². The summed E-state index contributed by atoms with van der Waals surface area (Å²) in [4.78, 5) is 12.2. The van der Waals surface area contributed by atoms with Crippen molar-refractivity contribution in [2.75, 3.05) is 6.61 Å². The number of ether oxygens (including phenoxy) is 2. The molecule has 2 saturated heterocycles. The molecular formula is C69H122O25. The minimum absolute atomic E-state index is 0.0170. The third-order valence-electron chi connectivity index (χ3n) is 18.1. The van der Waals surface area contributed by atoms with Crippen molar-refractivity contribution in [2.24, 2.45) is 11.8 Å². The Hall–Kier alpha value is -2.85. The van der Waals surface area contributed by atoms with Gasteiger partial charge < -0.3 is 122 Å². The average Bonchev–Trinajstić information content (AvgIpc) is 0.818. The first kappa shape index (κ1) is 87.2. The Morgan fingerprint density at radius 2 is 1.04 bits per heavy atom. The van der Waals surface area contributed by atoms with Gasteiger partial charge in [-0.3, -0.25) is 4.79 Å². The molecule has 22 N–H and O–H groups in total. The quantitative estimate of drug-likeness (QED) is 0.0217. The van der Waals surface area contributed by atoms with E-state index in [9.17, 15) is 112 Å². The van der Waals surface area contributed by atoms with Gasteiger partial charge in [0.15, 0.2) is 5.78 Å². The largest absolute Gasteiger partial charge is 0.394 e. The van der Waals surface area contributed by atoms with Crippen LogP contribution < -0.4 is 0 Å². The molecule has 0 aromatic rings. The average molecular weight is 1350 g/mol. The Labute approximate surface area is 555 Å². The molecule has 2 rings (SSSR count). The van der Waals surface area contributed by atoms with E-state index in [0.717, 1.165) is 51.0 Å². The highest BCUT2D eigenvalue weighted by molar-refractivity contribution is 5.89. The van der Waals surface area contributed by atoms with Gasteiger partial charge in [-0.1, -0.05) is 113 Å². The lowest BCUT2D eigenvalue weighted by Gasteiger charge is -2.42. The molecule has 548 valence electrons. The van der Waals surface area contributed by atoms with Gasteiger partial charge in [-0.05, 0) is 120 Å². The number of hydrogen-bond donors (Lipinski definition) is 22. The lowest BCUT2D eigenvalue weighted by atomic mass is 9.86. The molecule has 0 radical (unpaired) electrons. The molecule has 0 saturated carbocycles. The van der Waals surface area contributed by atoms with Gasteiger partial charge >= 0.3 is 0 Å². The summed E-state index contributed by atoms with van der Waals surface area (Å²) in [5.41, 5.74) is 0.191. The zero-order chi connectivity index (χ0) is 70.8. The number of hydrogen-bond acceptors (Lipinski definition) is 25. The van der Waals surface area contributed by atoms with Crippen molar-refractivity contribution in [2.45, 2.75) is 334 Å². The molecule has 0 bridgehead atoms. The maximum Gasteiger partial charge on any atom is 0.157 e. The second-order valence-electron chi connectivity index (χ2n) is 26.7. The van der Waals surface area contributed by atoms with E-state index >= 15 is 0 Å². The molecule has 25 heteroatoms. The number of rotatable bonds is 51. The van der Waals surface area contributed by atoms with Crippen molar-refractivity contribution in [1.29, 1.82) is 0 Å². The number of ketones is 1. The lowest BCUT2D eigenvalue weighted by molar-refractivity contribution is -0.234. The zero-order valence-electron chi connectivity index (χ0n) is 55.6. The summed E-state index contributed by atoms with van der Waals surface area (Å²) in [6, 6.07) is 0. The molecule has 2 aliphatic rings. The van der Waals surface area contributed by atoms with Gasteiger partial charge in [0.05, 0.1) is 79.9 Å². The first-order valence-electron chi connectivity index (χ1n) is 34.1. The Morgan fingerprint density at radius 3 is 1.65 bits per heavy atom. The van der Waals surface area contributed by atoms with Crippen LogP contribution in [0.3, 0.4) is 0 Å². The summed E-state index contributed by atoms with van der Waals surface area (Å²) in [5.74, 6) is -1.43. The van der Waals surface area contributed by atoms with Crippen LogP contribution in [0.1, 0.15) is 181 Å². The Morgan fingerprint density at radius 1 is 0.521 bits per heavy atom. The Kier molecular flexibility index (Phi) is 43.8. The Balaban J connectivity index is 1.85. The Bertz CT molecular complexity index is 2170. The number of carbonyl (C=O) groups is 1. The van der Waals surface area contributed by atoms with E-state index in [0.29, 0.717) is 38.5 Å². The number of allylic oxidation sites excluding steroid dienone is 6. The fourth-order valence-electron chi connectivity index (χ4n) is 11.9. The molecule has 2 heterocycles. The zero-order valence-corrected chi connectivity index (χ0v) is 55.6. The van der Waals surface area contributed by atoms with Gasteiger partial charge in [0.2, 0.25) is 0 Å². The fourth-order valence-corrected chi connectivity index (χ4v) is 11.9. The molecule has 0 aromatic carbocycles. The van der Waals surface area contributed by atoms with Crippen molar-refractivity contribution in [3.63, 3.8) is 0 Å². The predicted molar refractivity (Wildman–Crippen MR) is 350 cm³/mol. The highest BCUT2D eigenvalue weighted by atomic mass is 16.6. The van der Waals surface area contributed by atoms with Crippen LogP contribution in [0.2, 0.25) is 0 Å². The monoisotopic (exact) mass is 1350 g/mol. The second-order valence-corrected chi connectivity index (χ2v) is 26.7. The van der Waals surface area contributed by atoms with Crippen LogP contribution in [0, 0.1) is 11.8 Å². The first-order valence-corrected chi connectivity index (χ1v) is 34.1. The molecule has 0 aromatic heterocycles. The molecule has 2 aliphatic heterocycles. The van der Waals surface area contributed by atoms with E-state index in [1.165, 1.54) is 45.3 Å². The summed E-state index contributed by atoms with van der Waals surface area (Å²) in [7, 11) is 0. The summed E-state index contributed by atoms with van der Waals surface area (Å²) in [6.45, 7) is 11.9. The van der Waals surface area contributed by atoms with E-state index in [1.807, 2.05) is 6.08 Å². The predicted octanol–water partition coefficient (Wildman–Crippen LogP) is 0.0433. The van der Waals surface area contributed by atoms with Crippen LogP contribution in [0.25, 0.3) is 0 Å². The molecule has 0 spiro atoms. The fraction of sp³-hybridized carbons (Fsp3) is 0.812. The van der Waals surface area contributed by atoms with Crippen LogP contribution >= 0.6 is 0 Å². The van der Waals surface area contributed by atoms with Crippen molar-refractivity contribution in [3.8, 4) is 0 Å². The minimum atomic E-state index is -2.16. The van der Waals surface area contributed by atoms with E-state index in [4.69, 9.17) is 14.6 Å². The molecule has 25 nitrogen and oxygen atoms in total. The van der Waals surface area contributed by atoms with Crippen molar-refractivity contribution < 1.29 is 127 Å². The molecule has 0 amide bonds.